The zero-order valence-electron chi connectivity index (χ0n) is 15.6. The van der Waals surface area contributed by atoms with Gasteiger partial charge in [0.25, 0.3) is 15.7 Å². The molecule has 0 saturated carbocycles. The van der Waals surface area contributed by atoms with Crippen molar-refractivity contribution in [1.29, 1.82) is 0 Å². The Morgan fingerprint density at radius 1 is 1.00 bits per heavy atom. The number of rotatable bonds is 5. The summed E-state index contributed by atoms with van der Waals surface area (Å²) in [6, 6.07) is 20.2. The molecule has 30 heavy (non-hydrogen) atoms. The monoisotopic (exact) mass is 441 g/mol. The Labute approximate surface area is 178 Å². The average molecular weight is 442 g/mol. The molecule has 9 heteroatoms. The number of benzene rings is 3. The summed E-state index contributed by atoms with van der Waals surface area (Å²) in [6.07, 6.45) is 0.273. The number of nitrogens with zero attached hydrogens (tertiary/aromatic N) is 3. The van der Waals surface area contributed by atoms with Crippen LogP contribution < -0.4 is 0 Å². The third-order valence-electron chi connectivity index (χ3n) is 4.80. The number of hydrazone groups is 1. The lowest BCUT2D eigenvalue weighted by Crippen LogP contribution is -2.27. The Balaban J connectivity index is 1.81. The maximum atomic E-state index is 13.3. The van der Waals surface area contributed by atoms with E-state index in [-0.39, 0.29) is 17.0 Å². The fraction of sp³-hybridized carbons (Fsp3) is 0.0952. The molecule has 7 nitrogen and oxygen atoms in total. The Morgan fingerprint density at radius 3 is 2.37 bits per heavy atom. The van der Waals surface area contributed by atoms with Gasteiger partial charge < -0.3 is 0 Å². The Kier molecular flexibility index (Phi) is 5.27. The summed E-state index contributed by atoms with van der Waals surface area (Å²) < 4.78 is 27.7. The van der Waals surface area contributed by atoms with Gasteiger partial charge in [-0.15, -0.1) is 0 Å². The number of nitro benzene ring substituents is 1. The van der Waals surface area contributed by atoms with Crippen molar-refractivity contribution in [3.05, 3.63) is 105 Å². The van der Waals surface area contributed by atoms with E-state index < -0.39 is 21.0 Å². The minimum Gasteiger partial charge on any atom is -0.258 e. The molecule has 4 rings (SSSR count). The van der Waals surface area contributed by atoms with E-state index in [2.05, 4.69) is 5.10 Å². The lowest BCUT2D eigenvalue weighted by atomic mass is 9.99. The van der Waals surface area contributed by atoms with E-state index in [1.165, 1.54) is 24.3 Å². The van der Waals surface area contributed by atoms with Gasteiger partial charge in [-0.3, -0.25) is 10.1 Å². The van der Waals surface area contributed by atoms with E-state index in [0.717, 1.165) is 9.98 Å². The van der Waals surface area contributed by atoms with Crippen LogP contribution in [0.5, 0.6) is 0 Å². The van der Waals surface area contributed by atoms with Gasteiger partial charge in [0.1, 0.15) is 0 Å². The molecular formula is C21H16ClN3O4S. The van der Waals surface area contributed by atoms with Crippen LogP contribution in [0, 0.1) is 10.1 Å². The van der Waals surface area contributed by atoms with E-state index in [9.17, 15) is 18.5 Å². The molecule has 0 radical (unpaired) electrons. The van der Waals surface area contributed by atoms with E-state index in [0.29, 0.717) is 16.3 Å². The lowest BCUT2D eigenvalue weighted by molar-refractivity contribution is -0.384. The van der Waals surface area contributed by atoms with Crippen molar-refractivity contribution < 1.29 is 13.3 Å². The number of hydrogen-bond acceptors (Lipinski definition) is 5. The Bertz CT molecular complexity index is 1230. The van der Waals surface area contributed by atoms with Crippen LogP contribution in [0.25, 0.3) is 0 Å². The fourth-order valence-electron chi connectivity index (χ4n) is 3.32. The summed E-state index contributed by atoms with van der Waals surface area (Å²) in [4.78, 5) is 10.8. The zero-order chi connectivity index (χ0) is 21.3. The predicted molar refractivity (Wildman–Crippen MR) is 114 cm³/mol. The van der Waals surface area contributed by atoms with Gasteiger partial charge >= 0.3 is 0 Å². The van der Waals surface area contributed by atoms with Crippen molar-refractivity contribution in [3.8, 4) is 0 Å². The minimum atomic E-state index is -3.97. The van der Waals surface area contributed by atoms with Crippen LogP contribution in [0.15, 0.2) is 88.9 Å². The number of nitro groups is 1. The van der Waals surface area contributed by atoms with Crippen LogP contribution in [0.4, 0.5) is 5.69 Å². The lowest BCUT2D eigenvalue weighted by Gasteiger charge is -2.23. The van der Waals surface area contributed by atoms with Crippen molar-refractivity contribution in [2.75, 3.05) is 0 Å². The van der Waals surface area contributed by atoms with Gasteiger partial charge in [-0.1, -0.05) is 54.1 Å². The number of hydrogen-bond donors (Lipinski definition) is 0. The Hall–Kier alpha value is -3.23. The van der Waals surface area contributed by atoms with E-state index in [1.807, 2.05) is 0 Å². The SMILES string of the molecule is O=[N+]([O-])c1cccc([C@H]2CC(c3ccc(Cl)cc3)=NN2S(=O)(=O)c2ccccc2)c1. The van der Waals surface area contributed by atoms with Gasteiger partial charge in [-0.25, -0.2) is 0 Å². The van der Waals surface area contributed by atoms with E-state index in [4.69, 9.17) is 11.6 Å². The minimum absolute atomic E-state index is 0.0986. The van der Waals surface area contributed by atoms with E-state index >= 15 is 0 Å². The molecule has 1 aliphatic heterocycles. The molecule has 1 atom stereocenters. The molecule has 1 heterocycles. The summed E-state index contributed by atoms with van der Waals surface area (Å²) in [5.74, 6) is 0. The van der Waals surface area contributed by atoms with Gasteiger partial charge in [0.2, 0.25) is 0 Å². The number of halogens is 1. The highest BCUT2D eigenvalue weighted by atomic mass is 35.5. The molecule has 0 aromatic heterocycles. The first-order valence-electron chi connectivity index (χ1n) is 9.03. The molecule has 0 bridgehead atoms. The molecule has 0 saturated heterocycles. The third kappa shape index (κ3) is 3.79. The predicted octanol–water partition coefficient (Wildman–Crippen LogP) is 4.79. The van der Waals surface area contributed by atoms with Crippen molar-refractivity contribution in [1.82, 2.24) is 4.41 Å². The molecule has 0 fully saturated rings. The second kappa shape index (κ2) is 7.89. The van der Waals surface area contributed by atoms with Crippen molar-refractivity contribution in [3.63, 3.8) is 0 Å². The van der Waals surface area contributed by atoms with Crippen LogP contribution in [-0.4, -0.2) is 23.5 Å². The highest BCUT2D eigenvalue weighted by Crippen LogP contribution is 2.38. The summed E-state index contributed by atoms with van der Waals surface area (Å²) in [5, 5.41) is 16.2. The van der Waals surface area contributed by atoms with Gasteiger partial charge in [0.05, 0.1) is 21.6 Å². The molecule has 0 aliphatic carbocycles. The third-order valence-corrected chi connectivity index (χ3v) is 6.75. The van der Waals surface area contributed by atoms with Crippen molar-refractivity contribution >= 4 is 33.0 Å². The van der Waals surface area contributed by atoms with Gasteiger partial charge in [-0.05, 0) is 35.4 Å². The molecule has 0 spiro atoms. The van der Waals surface area contributed by atoms with Crippen LogP contribution in [0.3, 0.4) is 0 Å². The first-order chi connectivity index (χ1) is 14.4. The van der Waals surface area contributed by atoms with Crippen LogP contribution in [0.1, 0.15) is 23.6 Å². The van der Waals surface area contributed by atoms with Gasteiger partial charge in [0, 0.05) is 23.6 Å². The fourth-order valence-corrected chi connectivity index (χ4v) is 4.90. The molecule has 1 aliphatic rings. The second-order valence-corrected chi connectivity index (χ2v) is 8.95. The van der Waals surface area contributed by atoms with Crippen molar-refractivity contribution in [2.45, 2.75) is 17.4 Å². The first kappa shape index (κ1) is 20.1. The molecular weight excluding hydrogens is 426 g/mol. The molecule has 3 aromatic rings. The summed E-state index contributed by atoms with van der Waals surface area (Å²) in [5.41, 5.74) is 1.68. The maximum Gasteiger partial charge on any atom is 0.279 e. The van der Waals surface area contributed by atoms with Crippen LogP contribution in [-0.2, 0) is 10.0 Å². The summed E-state index contributed by atoms with van der Waals surface area (Å²) in [6.45, 7) is 0. The largest absolute Gasteiger partial charge is 0.279 e. The topological polar surface area (TPSA) is 92.9 Å². The molecule has 152 valence electrons. The Morgan fingerprint density at radius 2 is 1.70 bits per heavy atom. The highest BCUT2D eigenvalue weighted by Gasteiger charge is 2.38. The number of non-ortho nitro benzene ring substituents is 1. The van der Waals surface area contributed by atoms with Crippen molar-refractivity contribution in [2.24, 2.45) is 5.10 Å². The maximum absolute atomic E-state index is 13.3. The second-order valence-electron chi connectivity index (χ2n) is 6.72. The van der Waals surface area contributed by atoms with Gasteiger partial charge in [0.15, 0.2) is 0 Å². The summed E-state index contributed by atoms with van der Waals surface area (Å²) >= 11 is 5.96. The molecule has 0 N–H and O–H groups in total. The smallest absolute Gasteiger partial charge is 0.258 e. The first-order valence-corrected chi connectivity index (χ1v) is 10.9. The average Bonchev–Trinajstić information content (AvgIpc) is 3.21. The summed E-state index contributed by atoms with van der Waals surface area (Å²) in [7, 11) is -3.97. The highest BCUT2D eigenvalue weighted by molar-refractivity contribution is 7.89. The normalized spacial score (nSPS) is 16.4. The zero-order valence-corrected chi connectivity index (χ0v) is 17.1. The quantitative estimate of drug-likeness (QED) is 0.420. The van der Waals surface area contributed by atoms with Crippen LogP contribution >= 0.6 is 11.6 Å². The molecule has 0 amide bonds. The van der Waals surface area contributed by atoms with Crippen LogP contribution in [0.2, 0.25) is 5.02 Å². The van der Waals surface area contributed by atoms with Gasteiger partial charge in [-0.2, -0.15) is 17.9 Å². The molecule has 0 unspecified atom stereocenters. The standard InChI is InChI=1S/C21H16ClN3O4S/c22-17-11-9-15(10-12-17)20-14-21(16-5-4-6-18(13-16)25(26)27)24(23-20)30(28,29)19-7-2-1-3-8-19/h1-13,21H,14H2/t21-/m1/s1. The van der Waals surface area contributed by atoms with E-state index in [1.54, 1.807) is 54.6 Å². The molecule has 3 aromatic carbocycles. The number of sulfonamides is 1.